The van der Waals surface area contributed by atoms with E-state index in [9.17, 15) is 9.59 Å². The summed E-state index contributed by atoms with van der Waals surface area (Å²) in [5.74, 6) is -0.765. The highest BCUT2D eigenvalue weighted by Gasteiger charge is 2.28. The van der Waals surface area contributed by atoms with Gasteiger partial charge >= 0.3 is 5.97 Å². The van der Waals surface area contributed by atoms with Crippen LogP contribution in [0, 0.1) is 19.8 Å². The predicted molar refractivity (Wildman–Crippen MR) is 75.6 cm³/mol. The molecule has 1 aromatic heterocycles. The summed E-state index contributed by atoms with van der Waals surface area (Å²) in [5, 5.41) is 3.95. The van der Waals surface area contributed by atoms with Gasteiger partial charge in [-0.05, 0) is 20.3 Å². The fourth-order valence-electron chi connectivity index (χ4n) is 2.00. The van der Waals surface area contributed by atoms with Crippen LogP contribution < -0.4 is 4.84 Å². The lowest BCUT2D eigenvalue weighted by Crippen LogP contribution is -2.33. The molecule has 1 unspecified atom stereocenters. The number of benzene rings is 1. The molecule has 6 heteroatoms. The second-order valence-electron chi connectivity index (χ2n) is 4.68. The first-order chi connectivity index (χ1) is 10.0. The van der Waals surface area contributed by atoms with Crippen LogP contribution in [-0.2, 0) is 4.79 Å². The minimum absolute atomic E-state index is 0.252. The SMILES string of the molecule is CCC(C(=O)On1nc(C)nc1C)C(=O)c1ccccc1. The van der Waals surface area contributed by atoms with Gasteiger partial charge in [0.2, 0.25) is 0 Å². The topological polar surface area (TPSA) is 74.1 Å². The van der Waals surface area contributed by atoms with E-state index in [0.717, 1.165) is 4.85 Å². The maximum absolute atomic E-state index is 12.4. The summed E-state index contributed by atoms with van der Waals surface area (Å²) >= 11 is 0. The van der Waals surface area contributed by atoms with E-state index in [1.54, 1.807) is 45.0 Å². The molecule has 110 valence electrons. The van der Waals surface area contributed by atoms with Gasteiger partial charge in [-0.3, -0.25) is 4.79 Å². The zero-order valence-corrected chi connectivity index (χ0v) is 12.2. The molecule has 0 amide bonds. The number of carbonyl (C=O) groups is 2. The van der Waals surface area contributed by atoms with E-state index >= 15 is 0 Å². The van der Waals surface area contributed by atoms with Gasteiger partial charge in [0.05, 0.1) is 0 Å². The molecular weight excluding hydrogens is 270 g/mol. The van der Waals surface area contributed by atoms with Crippen LogP contribution in [0.3, 0.4) is 0 Å². The number of hydrogen-bond donors (Lipinski definition) is 0. The van der Waals surface area contributed by atoms with Crippen molar-refractivity contribution in [2.45, 2.75) is 27.2 Å². The highest BCUT2D eigenvalue weighted by molar-refractivity contribution is 6.08. The smallest absolute Gasteiger partial charge is 0.317 e. The number of carbonyl (C=O) groups excluding carboxylic acids is 2. The molecule has 0 aliphatic carbocycles. The molecule has 0 aliphatic heterocycles. The third kappa shape index (κ3) is 3.34. The van der Waals surface area contributed by atoms with Crippen molar-refractivity contribution >= 4 is 11.8 Å². The number of rotatable bonds is 5. The minimum atomic E-state index is -0.851. The Hall–Kier alpha value is -2.50. The first kappa shape index (κ1) is 14.9. The average molecular weight is 287 g/mol. The number of ketones is 1. The van der Waals surface area contributed by atoms with E-state index in [1.807, 2.05) is 6.07 Å². The normalized spacial score (nSPS) is 12.0. The van der Waals surface area contributed by atoms with Gasteiger partial charge in [0.15, 0.2) is 17.4 Å². The van der Waals surface area contributed by atoms with Crippen molar-refractivity contribution in [3.63, 3.8) is 0 Å². The molecule has 1 heterocycles. The Balaban J connectivity index is 2.15. The van der Waals surface area contributed by atoms with Gasteiger partial charge in [-0.2, -0.15) is 0 Å². The van der Waals surface area contributed by atoms with Gasteiger partial charge in [0, 0.05) is 5.56 Å². The van der Waals surface area contributed by atoms with Crippen LogP contribution in [0.4, 0.5) is 0 Å². The molecule has 0 radical (unpaired) electrons. The molecule has 1 atom stereocenters. The maximum atomic E-state index is 12.4. The van der Waals surface area contributed by atoms with Gasteiger partial charge in [-0.25, -0.2) is 9.78 Å². The number of nitrogens with zero attached hydrogens (tertiary/aromatic N) is 3. The van der Waals surface area contributed by atoms with E-state index in [1.165, 1.54) is 0 Å². The highest BCUT2D eigenvalue weighted by atomic mass is 16.7. The number of hydrogen-bond acceptors (Lipinski definition) is 5. The summed E-state index contributed by atoms with van der Waals surface area (Å²) in [7, 11) is 0. The van der Waals surface area contributed by atoms with E-state index in [-0.39, 0.29) is 5.78 Å². The standard InChI is InChI=1S/C15H17N3O3/c1-4-13(14(19)12-8-6-5-7-9-12)15(20)21-18-11(3)16-10(2)17-18/h5-9,13H,4H2,1-3H3. The summed E-state index contributed by atoms with van der Waals surface area (Å²) in [5.41, 5.74) is 0.493. The molecule has 0 N–H and O–H groups in total. The van der Waals surface area contributed by atoms with E-state index in [0.29, 0.717) is 23.6 Å². The second-order valence-corrected chi connectivity index (χ2v) is 4.68. The third-order valence-electron chi connectivity index (χ3n) is 3.08. The van der Waals surface area contributed by atoms with Gasteiger partial charge < -0.3 is 4.84 Å². The Morgan fingerprint density at radius 1 is 1.24 bits per heavy atom. The zero-order chi connectivity index (χ0) is 15.4. The molecule has 6 nitrogen and oxygen atoms in total. The molecule has 0 spiro atoms. The third-order valence-corrected chi connectivity index (χ3v) is 3.08. The molecular formula is C15H17N3O3. The average Bonchev–Trinajstić information content (AvgIpc) is 2.78. The van der Waals surface area contributed by atoms with Crippen LogP contribution >= 0.6 is 0 Å². The fourth-order valence-corrected chi connectivity index (χ4v) is 2.00. The molecule has 0 saturated carbocycles. The quantitative estimate of drug-likeness (QED) is 0.619. The number of aromatic nitrogens is 3. The van der Waals surface area contributed by atoms with Crippen molar-refractivity contribution in [3.05, 3.63) is 47.5 Å². The molecule has 2 aromatic rings. The van der Waals surface area contributed by atoms with Gasteiger partial charge in [0.1, 0.15) is 5.92 Å². The van der Waals surface area contributed by atoms with Crippen molar-refractivity contribution in [1.82, 2.24) is 14.9 Å². The van der Waals surface area contributed by atoms with Crippen LogP contribution in [0.1, 0.15) is 35.4 Å². The lowest BCUT2D eigenvalue weighted by Gasteiger charge is -2.12. The van der Waals surface area contributed by atoms with Crippen molar-refractivity contribution < 1.29 is 14.4 Å². The Morgan fingerprint density at radius 2 is 1.90 bits per heavy atom. The molecule has 1 aromatic carbocycles. The Bertz CT molecular complexity index is 649. The summed E-state index contributed by atoms with van der Waals surface area (Å²) < 4.78 is 0. The molecule has 0 fully saturated rings. The Kier molecular flexibility index (Phi) is 4.47. The fraction of sp³-hybridized carbons (Fsp3) is 0.333. The molecule has 21 heavy (non-hydrogen) atoms. The highest BCUT2D eigenvalue weighted by Crippen LogP contribution is 2.13. The van der Waals surface area contributed by atoms with E-state index < -0.39 is 11.9 Å². The van der Waals surface area contributed by atoms with Gasteiger partial charge in [-0.1, -0.05) is 42.1 Å². The van der Waals surface area contributed by atoms with Crippen molar-refractivity contribution in [3.8, 4) is 0 Å². The first-order valence-corrected chi connectivity index (χ1v) is 6.74. The van der Waals surface area contributed by atoms with Crippen molar-refractivity contribution in [2.24, 2.45) is 5.92 Å². The second kappa shape index (κ2) is 6.30. The number of aryl methyl sites for hydroxylation is 2. The summed E-state index contributed by atoms with van der Waals surface area (Å²) in [6.45, 7) is 5.14. The van der Waals surface area contributed by atoms with E-state index in [4.69, 9.17) is 4.84 Å². The van der Waals surface area contributed by atoms with Crippen LogP contribution in [-0.4, -0.2) is 26.7 Å². The minimum Gasteiger partial charge on any atom is -0.317 e. The maximum Gasteiger partial charge on any atom is 0.345 e. The predicted octanol–water partition coefficient (Wildman–Crippen LogP) is 1.76. The lowest BCUT2D eigenvalue weighted by molar-refractivity contribution is -0.149. The van der Waals surface area contributed by atoms with Crippen molar-refractivity contribution in [1.29, 1.82) is 0 Å². The Morgan fingerprint density at radius 3 is 2.43 bits per heavy atom. The van der Waals surface area contributed by atoms with Gasteiger partial charge in [-0.15, -0.1) is 5.10 Å². The molecule has 0 saturated heterocycles. The van der Waals surface area contributed by atoms with Crippen molar-refractivity contribution in [2.75, 3.05) is 0 Å². The van der Waals surface area contributed by atoms with Crippen LogP contribution in [0.25, 0.3) is 0 Å². The molecule has 2 rings (SSSR count). The number of Topliss-reactive ketones (excluding diaryl/α,β-unsaturated/α-hetero) is 1. The monoisotopic (exact) mass is 287 g/mol. The zero-order valence-electron chi connectivity index (χ0n) is 12.2. The molecule has 0 bridgehead atoms. The van der Waals surface area contributed by atoms with E-state index in [2.05, 4.69) is 10.1 Å². The largest absolute Gasteiger partial charge is 0.345 e. The van der Waals surface area contributed by atoms with Crippen LogP contribution in [0.2, 0.25) is 0 Å². The van der Waals surface area contributed by atoms with Crippen LogP contribution in [0.15, 0.2) is 30.3 Å². The van der Waals surface area contributed by atoms with Crippen LogP contribution in [0.5, 0.6) is 0 Å². The summed E-state index contributed by atoms with van der Waals surface area (Å²) in [6.07, 6.45) is 0.360. The molecule has 0 aliphatic rings. The summed E-state index contributed by atoms with van der Waals surface area (Å²) in [4.78, 5) is 34.8. The summed E-state index contributed by atoms with van der Waals surface area (Å²) in [6, 6.07) is 8.70. The van der Waals surface area contributed by atoms with Gasteiger partial charge in [0.25, 0.3) is 0 Å². The Labute approximate surface area is 122 Å². The first-order valence-electron chi connectivity index (χ1n) is 6.74. The lowest BCUT2D eigenvalue weighted by atomic mass is 9.95.